The van der Waals surface area contributed by atoms with Crippen LogP contribution in [0, 0.1) is 0 Å². The van der Waals surface area contributed by atoms with Crippen LogP contribution in [0.5, 0.6) is 11.8 Å². The van der Waals surface area contributed by atoms with Gasteiger partial charge in [0.25, 0.3) is 0 Å². The second kappa shape index (κ2) is 2.60. The smallest absolute Gasteiger partial charge is 0.332 e. The Balaban J connectivity index is 2.40. The second-order valence-corrected chi connectivity index (χ2v) is 4.21. The fourth-order valence-corrected chi connectivity index (χ4v) is 2.12. The Kier molecular flexibility index (Phi) is 1.47. The lowest BCUT2D eigenvalue weighted by Crippen LogP contribution is -2.21. The van der Waals surface area contributed by atoms with Crippen LogP contribution in [0.3, 0.4) is 0 Å². The lowest BCUT2D eigenvalue weighted by atomic mass is 10.2. The van der Waals surface area contributed by atoms with Crippen LogP contribution >= 0.6 is 0 Å². The summed E-state index contributed by atoms with van der Waals surface area (Å²) in [7, 11) is -3.98. The maximum Gasteiger partial charge on any atom is 0.504 e. The molecule has 5 nitrogen and oxygen atoms in total. The molecule has 0 unspecified atom stereocenters. The maximum atomic E-state index is 11.1. The summed E-state index contributed by atoms with van der Waals surface area (Å²) in [6, 6.07) is 8.74. The summed E-state index contributed by atoms with van der Waals surface area (Å²) in [4.78, 5) is 3.88. The Morgan fingerprint density at radius 1 is 1.13 bits per heavy atom. The molecule has 0 radical (unpaired) electrons. The number of aromatic nitrogens is 1. The van der Waals surface area contributed by atoms with Gasteiger partial charge >= 0.3 is 10.4 Å². The molecule has 2 bridgehead atoms. The standard InChI is InChI=1S/C9H5NO4S/c11-15(12)13-8-5-6-3-1-2-4-7(6)9(10-8)14-15/h1-5H. The topological polar surface area (TPSA) is 65.5 Å². The van der Waals surface area contributed by atoms with Gasteiger partial charge in [-0.05, 0) is 11.5 Å². The molecule has 0 saturated heterocycles. The molecule has 1 aliphatic heterocycles. The monoisotopic (exact) mass is 223 g/mol. The predicted octanol–water partition coefficient (Wildman–Crippen LogP) is 1.25. The summed E-state index contributed by atoms with van der Waals surface area (Å²) in [5.41, 5.74) is 0. The molecule has 0 spiro atoms. The van der Waals surface area contributed by atoms with E-state index in [1.165, 1.54) is 0 Å². The summed E-state index contributed by atoms with van der Waals surface area (Å²) in [5.74, 6) is 0.101. The minimum absolute atomic E-state index is 0.0370. The normalized spacial score (nSPS) is 16.8. The van der Waals surface area contributed by atoms with Gasteiger partial charge in [0.05, 0.1) is 0 Å². The van der Waals surface area contributed by atoms with Crippen molar-refractivity contribution in [3.8, 4) is 11.8 Å². The number of nitrogens with zero attached hydrogens (tertiary/aromatic N) is 1. The zero-order chi connectivity index (χ0) is 10.5. The van der Waals surface area contributed by atoms with Crippen LogP contribution in [0.4, 0.5) is 0 Å². The van der Waals surface area contributed by atoms with Crippen molar-refractivity contribution in [3.63, 3.8) is 0 Å². The van der Waals surface area contributed by atoms with E-state index in [4.69, 9.17) is 0 Å². The largest absolute Gasteiger partial charge is 0.504 e. The molecule has 0 amide bonds. The highest BCUT2D eigenvalue weighted by Gasteiger charge is 2.25. The SMILES string of the molecule is O=S1(=O)Oc2cc3ccccc3c(n2)O1. The van der Waals surface area contributed by atoms with E-state index in [1.807, 2.05) is 12.1 Å². The molecule has 6 heteroatoms. The van der Waals surface area contributed by atoms with Gasteiger partial charge in [0, 0.05) is 11.5 Å². The minimum Gasteiger partial charge on any atom is -0.332 e. The van der Waals surface area contributed by atoms with Gasteiger partial charge in [-0.25, -0.2) is 0 Å². The quantitative estimate of drug-likeness (QED) is 0.672. The Morgan fingerprint density at radius 3 is 2.80 bits per heavy atom. The Morgan fingerprint density at radius 2 is 1.93 bits per heavy atom. The van der Waals surface area contributed by atoms with E-state index < -0.39 is 10.4 Å². The average molecular weight is 223 g/mol. The molecule has 1 aromatic carbocycles. The molecule has 76 valence electrons. The predicted molar refractivity (Wildman–Crippen MR) is 51.9 cm³/mol. The minimum atomic E-state index is -3.98. The van der Waals surface area contributed by atoms with Crippen molar-refractivity contribution in [2.75, 3.05) is 0 Å². The van der Waals surface area contributed by atoms with E-state index in [0.29, 0.717) is 5.39 Å². The summed E-state index contributed by atoms with van der Waals surface area (Å²) >= 11 is 0. The number of pyridine rings is 1. The van der Waals surface area contributed by atoms with Gasteiger partial charge in [0.1, 0.15) is 0 Å². The van der Waals surface area contributed by atoms with Gasteiger partial charge < -0.3 is 8.37 Å². The molecule has 0 aliphatic carbocycles. The Labute approximate surface area is 85.6 Å². The van der Waals surface area contributed by atoms with Crippen molar-refractivity contribution in [2.24, 2.45) is 0 Å². The van der Waals surface area contributed by atoms with Crippen LogP contribution in [0.2, 0.25) is 0 Å². The molecular formula is C9H5NO4S. The molecule has 0 fully saturated rings. The van der Waals surface area contributed by atoms with Crippen molar-refractivity contribution in [1.82, 2.24) is 4.98 Å². The zero-order valence-electron chi connectivity index (χ0n) is 7.38. The number of hydrogen-bond acceptors (Lipinski definition) is 5. The summed E-state index contributed by atoms with van der Waals surface area (Å²) < 4.78 is 31.4. The van der Waals surface area contributed by atoms with Crippen molar-refractivity contribution in [3.05, 3.63) is 30.3 Å². The highest BCUT2D eigenvalue weighted by atomic mass is 32.3. The lowest BCUT2D eigenvalue weighted by Gasteiger charge is -2.14. The molecule has 2 heterocycles. The fourth-order valence-electron chi connectivity index (χ4n) is 1.47. The van der Waals surface area contributed by atoms with Crippen molar-refractivity contribution < 1.29 is 16.8 Å². The van der Waals surface area contributed by atoms with Gasteiger partial charge in [-0.3, -0.25) is 0 Å². The first-order chi connectivity index (χ1) is 7.14. The number of hydrogen-bond donors (Lipinski definition) is 0. The third-order valence-electron chi connectivity index (χ3n) is 2.05. The van der Waals surface area contributed by atoms with Gasteiger partial charge in [0.15, 0.2) is 0 Å². The van der Waals surface area contributed by atoms with Gasteiger partial charge in [-0.15, -0.1) is 8.42 Å². The zero-order valence-corrected chi connectivity index (χ0v) is 8.19. The first kappa shape index (κ1) is 8.49. The van der Waals surface area contributed by atoms with Crippen LogP contribution in [0.25, 0.3) is 10.8 Å². The van der Waals surface area contributed by atoms with Gasteiger partial charge in [-0.1, -0.05) is 18.2 Å². The fraction of sp³-hybridized carbons (Fsp3) is 0. The molecule has 15 heavy (non-hydrogen) atoms. The number of fused-ring (bicyclic) bond motifs is 4. The lowest BCUT2D eigenvalue weighted by molar-refractivity contribution is 0.360. The third-order valence-corrected chi connectivity index (χ3v) is 2.79. The van der Waals surface area contributed by atoms with Crippen LogP contribution in [0.15, 0.2) is 30.3 Å². The van der Waals surface area contributed by atoms with Crippen molar-refractivity contribution in [2.45, 2.75) is 0 Å². The summed E-state index contributed by atoms with van der Waals surface area (Å²) in [6.07, 6.45) is 0. The Bertz CT molecular complexity index is 650. The molecule has 0 N–H and O–H groups in total. The molecule has 0 atom stereocenters. The van der Waals surface area contributed by atoms with E-state index in [1.54, 1.807) is 18.2 Å². The van der Waals surface area contributed by atoms with Crippen LogP contribution in [-0.2, 0) is 10.4 Å². The summed E-state index contributed by atoms with van der Waals surface area (Å²) in [6.45, 7) is 0. The van der Waals surface area contributed by atoms with E-state index >= 15 is 0 Å². The molecule has 1 aliphatic rings. The molecular weight excluding hydrogens is 218 g/mol. The van der Waals surface area contributed by atoms with Crippen LogP contribution in [0.1, 0.15) is 0 Å². The van der Waals surface area contributed by atoms with E-state index in [2.05, 4.69) is 13.4 Å². The number of benzene rings is 1. The summed E-state index contributed by atoms with van der Waals surface area (Å²) in [5, 5.41) is 1.47. The molecule has 0 saturated carbocycles. The van der Waals surface area contributed by atoms with Crippen molar-refractivity contribution in [1.29, 1.82) is 0 Å². The van der Waals surface area contributed by atoms with E-state index in [9.17, 15) is 8.42 Å². The Hall–Kier alpha value is -1.82. The van der Waals surface area contributed by atoms with Crippen LogP contribution in [-0.4, -0.2) is 13.4 Å². The van der Waals surface area contributed by atoms with E-state index in [-0.39, 0.29) is 11.8 Å². The van der Waals surface area contributed by atoms with Gasteiger partial charge in [-0.2, -0.15) is 4.98 Å². The molecule has 2 aromatic rings. The highest BCUT2D eigenvalue weighted by Crippen LogP contribution is 2.32. The average Bonchev–Trinajstić information content (AvgIpc) is 2.15. The maximum absolute atomic E-state index is 11.1. The first-order valence-corrected chi connectivity index (χ1v) is 5.51. The van der Waals surface area contributed by atoms with E-state index in [0.717, 1.165) is 5.39 Å². The van der Waals surface area contributed by atoms with Crippen LogP contribution < -0.4 is 8.37 Å². The van der Waals surface area contributed by atoms with Crippen molar-refractivity contribution >= 4 is 21.2 Å². The highest BCUT2D eigenvalue weighted by molar-refractivity contribution is 7.82. The number of rotatable bonds is 0. The third kappa shape index (κ3) is 1.30. The second-order valence-electron chi connectivity index (χ2n) is 3.06. The molecule has 1 aromatic heterocycles. The van der Waals surface area contributed by atoms with Gasteiger partial charge in [0.2, 0.25) is 11.8 Å². The molecule has 3 rings (SSSR count). The first-order valence-electron chi connectivity index (χ1n) is 4.18.